The standard InChI is InChI=1S/C17H24BrN3O3/c18-9-5-4-8-16(22)19-14-11-21(12-15(14)20-17(23)24)10-13-6-2-1-3-7-13/h1-3,6-7,14-15,20H,4-5,8-12H2,(H,19,22)(H,23,24)/t14-,15-/m0/s1. The van der Waals surface area contributed by atoms with Crippen molar-refractivity contribution in [1.29, 1.82) is 0 Å². The van der Waals surface area contributed by atoms with Crippen molar-refractivity contribution in [2.24, 2.45) is 0 Å². The molecule has 3 N–H and O–H groups in total. The Bertz CT molecular complexity index is 541. The summed E-state index contributed by atoms with van der Waals surface area (Å²) in [5, 5.41) is 15.4. The molecule has 0 radical (unpaired) electrons. The Balaban J connectivity index is 1.91. The second-order valence-electron chi connectivity index (χ2n) is 6.06. The molecular weight excluding hydrogens is 374 g/mol. The number of likely N-dealkylation sites (tertiary alicyclic amines) is 1. The van der Waals surface area contributed by atoms with Gasteiger partial charge in [-0.3, -0.25) is 9.69 Å². The summed E-state index contributed by atoms with van der Waals surface area (Å²) in [5.41, 5.74) is 1.18. The molecule has 132 valence electrons. The number of benzene rings is 1. The van der Waals surface area contributed by atoms with E-state index in [9.17, 15) is 9.59 Å². The smallest absolute Gasteiger partial charge is 0.404 e. The molecule has 0 aliphatic carbocycles. The van der Waals surface area contributed by atoms with Crippen molar-refractivity contribution >= 4 is 27.9 Å². The van der Waals surface area contributed by atoms with Crippen LogP contribution in [0.15, 0.2) is 30.3 Å². The second-order valence-corrected chi connectivity index (χ2v) is 6.85. The van der Waals surface area contributed by atoms with E-state index in [4.69, 9.17) is 5.11 Å². The number of hydrogen-bond acceptors (Lipinski definition) is 3. The third kappa shape index (κ3) is 6.13. The Morgan fingerprint density at radius 1 is 1.12 bits per heavy atom. The summed E-state index contributed by atoms with van der Waals surface area (Å²) in [6.45, 7) is 1.98. The number of amides is 2. The third-order valence-electron chi connectivity index (χ3n) is 4.09. The zero-order valence-electron chi connectivity index (χ0n) is 13.6. The minimum Gasteiger partial charge on any atom is -0.465 e. The van der Waals surface area contributed by atoms with Gasteiger partial charge in [0.05, 0.1) is 12.1 Å². The highest BCUT2D eigenvalue weighted by molar-refractivity contribution is 9.09. The minimum absolute atomic E-state index is 0.0142. The number of nitrogens with zero attached hydrogens (tertiary/aromatic N) is 1. The molecular formula is C17H24BrN3O3. The van der Waals surface area contributed by atoms with Crippen molar-refractivity contribution < 1.29 is 14.7 Å². The Kier molecular flexibility index (Phi) is 7.52. The van der Waals surface area contributed by atoms with Crippen molar-refractivity contribution in [2.45, 2.75) is 37.9 Å². The van der Waals surface area contributed by atoms with Gasteiger partial charge in [0.2, 0.25) is 5.91 Å². The Morgan fingerprint density at radius 2 is 1.79 bits per heavy atom. The predicted molar refractivity (Wildman–Crippen MR) is 96.2 cm³/mol. The number of alkyl halides is 1. The van der Waals surface area contributed by atoms with Crippen molar-refractivity contribution in [1.82, 2.24) is 15.5 Å². The zero-order chi connectivity index (χ0) is 17.4. The lowest BCUT2D eigenvalue weighted by Gasteiger charge is -2.19. The van der Waals surface area contributed by atoms with E-state index < -0.39 is 6.09 Å². The number of carbonyl (C=O) groups excluding carboxylic acids is 1. The first-order chi connectivity index (χ1) is 11.6. The molecule has 1 aliphatic heterocycles. The molecule has 2 rings (SSSR count). The number of rotatable bonds is 8. The SMILES string of the molecule is O=C(O)N[C@H]1CN(Cc2ccccc2)C[C@@H]1NC(=O)CCCCBr. The monoisotopic (exact) mass is 397 g/mol. The highest BCUT2D eigenvalue weighted by Gasteiger charge is 2.34. The normalized spacial score (nSPS) is 20.7. The largest absolute Gasteiger partial charge is 0.465 e. The highest BCUT2D eigenvalue weighted by atomic mass is 79.9. The molecule has 6 nitrogen and oxygen atoms in total. The zero-order valence-corrected chi connectivity index (χ0v) is 15.2. The first kappa shape index (κ1) is 18.7. The van der Waals surface area contributed by atoms with Crippen molar-refractivity contribution in [2.75, 3.05) is 18.4 Å². The van der Waals surface area contributed by atoms with Crippen LogP contribution in [0.5, 0.6) is 0 Å². The maximum absolute atomic E-state index is 12.1. The molecule has 7 heteroatoms. The molecule has 1 heterocycles. The van der Waals surface area contributed by atoms with Gasteiger partial charge in [-0.2, -0.15) is 0 Å². The van der Waals surface area contributed by atoms with Gasteiger partial charge in [0.25, 0.3) is 0 Å². The van der Waals surface area contributed by atoms with E-state index in [1.54, 1.807) is 0 Å². The third-order valence-corrected chi connectivity index (χ3v) is 4.65. The average molecular weight is 398 g/mol. The van der Waals surface area contributed by atoms with Crippen LogP contribution in [0.2, 0.25) is 0 Å². The Labute approximate surface area is 150 Å². The number of nitrogens with one attached hydrogen (secondary N) is 2. The maximum Gasteiger partial charge on any atom is 0.404 e. The molecule has 0 aromatic heterocycles. The van der Waals surface area contributed by atoms with E-state index >= 15 is 0 Å². The fraction of sp³-hybridized carbons (Fsp3) is 0.529. The maximum atomic E-state index is 12.1. The Hall–Kier alpha value is -1.60. The molecule has 1 aromatic rings. The number of carboxylic acid groups (broad SMARTS) is 1. The lowest BCUT2D eigenvalue weighted by molar-refractivity contribution is -0.121. The van der Waals surface area contributed by atoms with Gasteiger partial charge in [-0.05, 0) is 18.4 Å². The van der Waals surface area contributed by atoms with Gasteiger partial charge in [0.1, 0.15) is 0 Å². The van der Waals surface area contributed by atoms with E-state index in [0.717, 1.165) is 24.7 Å². The van der Waals surface area contributed by atoms with Crippen LogP contribution in [-0.4, -0.2) is 52.5 Å². The highest BCUT2D eigenvalue weighted by Crippen LogP contribution is 2.15. The minimum atomic E-state index is -1.06. The number of carbonyl (C=O) groups is 2. The van der Waals surface area contributed by atoms with Crippen molar-refractivity contribution in [3.63, 3.8) is 0 Å². The van der Waals surface area contributed by atoms with Gasteiger partial charge in [0.15, 0.2) is 0 Å². The molecule has 24 heavy (non-hydrogen) atoms. The second kappa shape index (κ2) is 9.64. The summed E-state index contributed by atoms with van der Waals surface area (Å²) >= 11 is 3.35. The quantitative estimate of drug-likeness (QED) is 0.463. The lowest BCUT2D eigenvalue weighted by Crippen LogP contribution is -2.50. The van der Waals surface area contributed by atoms with Gasteiger partial charge < -0.3 is 15.7 Å². The van der Waals surface area contributed by atoms with Crippen molar-refractivity contribution in [3.05, 3.63) is 35.9 Å². The fourth-order valence-electron chi connectivity index (χ4n) is 2.97. The molecule has 2 atom stereocenters. The molecule has 0 saturated carbocycles. The van der Waals surface area contributed by atoms with Crippen LogP contribution < -0.4 is 10.6 Å². The molecule has 0 spiro atoms. The average Bonchev–Trinajstić information content (AvgIpc) is 2.89. The first-order valence-corrected chi connectivity index (χ1v) is 9.31. The van der Waals surface area contributed by atoms with Gasteiger partial charge in [-0.25, -0.2) is 4.79 Å². The first-order valence-electron chi connectivity index (χ1n) is 8.19. The van der Waals surface area contributed by atoms with Gasteiger partial charge in [-0.15, -0.1) is 0 Å². The van der Waals surface area contributed by atoms with Crippen molar-refractivity contribution in [3.8, 4) is 0 Å². The van der Waals surface area contributed by atoms with E-state index in [1.165, 1.54) is 5.56 Å². The summed E-state index contributed by atoms with van der Waals surface area (Å²) in [4.78, 5) is 25.2. The number of halogens is 1. The van der Waals surface area contributed by atoms with Crippen LogP contribution in [0.3, 0.4) is 0 Å². The van der Waals surface area contributed by atoms with E-state index in [2.05, 4.69) is 31.5 Å². The predicted octanol–water partition coefficient (Wildman–Crippen LogP) is 2.19. The molecule has 1 saturated heterocycles. The molecule has 1 aromatic carbocycles. The molecule has 0 bridgehead atoms. The summed E-state index contributed by atoms with van der Waals surface area (Å²) in [6, 6.07) is 9.56. The summed E-state index contributed by atoms with van der Waals surface area (Å²) < 4.78 is 0. The Morgan fingerprint density at radius 3 is 2.42 bits per heavy atom. The lowest BCUT2D eigenvalue weighted by atomic mass is 10.1. The van der Waals surface area contributed by atoms with Crippen LogP contribution in [0.25, 0.3) is 0 Å². The van der Waals surface area contributed by atoms with Gasteiger partial charge in [0, 0.05) is 31.4 Å². The molecule has 1 aliphatic rings. The van der Waals surface area contributed by atoms with Crippen LogP contribution >= 0.6 is 15.9 Å². The van der Waals surface area contributed by atoms with E-state index in [0.29, 0.717) is 19.5 Å². The number of hydrogen-bond donors (Lipinski definition) is 3. The summed E-state index contributed by atoms with van der Waals surface area (Å²) in [6.07, 6.45) is 1.20. The van der Waals surface area contributed by atoms with Crippen LogP contribution in [-0.2, 0) is 11.3 Å². The summed E-state index contributed by atoms with van der Waals surface area (Å²) in [7, 11) is 0. The van der Waals surface area contributed by atoms with Crippen LogP contribution in [0, 0.1) is 0 Å². The topological polar surface area (TPSA) is 81.7 Å². The molecule has 2 amide bonds. The number of unbranched alkanes of at least 4 members (excludes halogenated alkanes) is 1. The van der Waals surface area contributed by atoms with Crippen LogP contribution in [0.4, 0.5) is 4.79 Å². The van der Waals surface area contributed by atoms with Gasteiger partial charge >= 0.3 is 6.09 Å². The van der Waals surface area contributed by atoms with E-state index in [-0.39, 0.29) is 18.0 Å². The molecule has 1 fully saturated rings. The summed E-state index contributed by atoms with van der Waals surface area (Å²) in [5.74, 6) is -0.0142. The van der Waals surface area contributed by atoms with Gasteiger partial charge in [-0.1, -0.05) is 46.3 Å². The molecule has 0 unspecified atom stereocenters. The van der Waals surface area contributed by atoms with Crippen LogP contribution in [0.1, 0.15) is 24.8 Å². The van der Waals surface area contributed by atoms with E-state index in [1.807, 2.05) is 30.3 Å². The fourth-order valence-corrected chi connectivity index (χ4v) is 3.36.